The SMILES string of the molecule is Cc1cccc(NC(=O)N2CCN(Cc3csc(-c4ccc(Cl)cc4)n3)CC2)c1. The van der Waals surface area contributed by atoms with Gasteiger partial charge in [-0.25, -0.2) is 9.78 Å². The lowest BCUT2D eigenvalue weighted by atomic mass is 10.2. The van der Waals surface area contributed by atoms with Crippen LogP contribution in [0.3, 0.4) is 0 Å². The van der Waals surface area contributed by atoms with Crippen molar-refractivity contribution in [1.82, 2.24) is 14.8 Å². The van der Waals surface area contributed by atoms with Gasteiger partial charge in [0, 0.05) is 54.4 Å². The summed E-state index contributed by atoms with van der Waals surface area (Å²) in [5.41, 5.74) is 4.13. The summed E-state index contributed by atoms with van der Waals surface area (Å²) in [6.07, 6.45) is 0. The Kier molecular flexibility index (Phi) is 6.13. The zero-order chi connectivity index (χ0) is 20.2. The minimum atomic E-state index is -0.0334. The fourth-order valence-electron chi connectivity index (χ4n) is 3.37. The van der Waals surface area contributed by atoms with E-state index in [2.05, 4.69) is 15.6 Å². The summed E-state index contributed by atoms with van der Waals surface area (Å²) in [6.45, 7) is 5.93. The van der Waals surface area contributed by atoms with E-state index in [1.807, 2.05) is 60.4 Å². The molecule has 0 aliphatic carbocycles. The van der Waals surface area contributed by atoms with Gasteiger partial charge in [0.05, 0.1) is 5.69 Å². The Hall–Kier alpha value is -2.41. The van der Waals surface area contributed by atoms with E-state index < -0.39 is 0 Å². The number of carbonyl (C=O) groups excluding carboxylic acids is 1. The second-order valence-corrected chi connectivity index (χ2v) is 8.51. The number of benzene rings is 2. The van der Waals surface area contributed by atoms with E-state index in [1.54, 1.807) is 11.3 Å². The molecule has 0 radical (unpaired) electrons. The summed E-state index contributed by atoms with van der Waals surface area (Å²) >= 11 is 7.61. The van der Waals surface area contributed by atoms with Crippen LogP contribution in [-0.4, -0.2) is 47.0 Å². The maximum Gasteiger partial charge on any atom is 0.321 e. The van der Waals surface area contributed by atoms with Gasteiger partial charge in [-0.1, -0.05) is 35.9 Å². The zero-order valence-electron chi connectivity index (χ0n) is 16.3. The van der Waals surface area contributed by atoms with Crippen molar-refractivity contribution in [2.24, 2.45) is 0 Å². The number of hydrogen-bond acceptors (Lipinski definition) is 4. The molecule has 0 atom stereocenters. The molecule has 2 aromatic carbocycles. The molecule has 29 heavy (non-hydrogen) atoms. The Bertz CT molecular complexity index is 980. The average molecular weight is 427 g/mol. The largest absolute Gasteiger partial charge is 0.322 e. The summed E-state index contributed by atoms with van der Waals surface area (Å²) in [4.78, 5) is 21.5. The normalized spacial score (nSPS) is 14.8. The Morgan fingerprint density at radius 3 is 2.62 bits per heavy atom. The minimum Gasteiger partial charge on any atom is -0.322 e. The lowest BCUT2D eigenvalue weighted by molar-refractivity contribution is 0.142. The second-order valence-electron chi connectivity index (χ2n) is 7.21. The van der Waals surface area contributed by atoms with Crippen LogP contribution in [0.5, 0.6) is 0 Å². The van der Waals surface area contributed by atoms with Gasteiger partial charge >= 0.3 is 6.03 Å². The molecule has 1 aromatic heterocycles. The molecule has 0 spiro atoms. The van der Waals surface area contributed by atoms with Crippen molar-refractivity contribution in [2.75, 3.05) is 31.5 Å². The number of aryl methyl sites for hydroxylation is 1. The van der Waals surface area contributed by atoms with Gasteiger partial charge in [0.15, 0.2) is 0 Å². The summed E-state index contributed by atoms with van der Waals surface area (Å²) in [6, 6.07) is 15.6. The van der Waals surface area contributed by atoms with Gasteiger partial charge in [0.25, 0.3) is 0 Å². The van der Waals surface area contributed by atoms with Crippen molar-refractivity contribution in [3.8, 4) is 10.6 Å². The molecule has 3 aromatic rings. The van der Waals surface area contributed by atoms with Crippen LogP contribution in [0.15, 0.2) is 53.9 Å². The molecule has 1 N–H and O–H groups in total. The lowest BCUT2D eigenvalue weighted by Crippen LogP contribution is -2.49. The fourth-order valence-corrected chi connectivity index (χ4v) is 4.31. The number of nitrogens with zero attached hydrogens (tertiary/aromatic N) is 3. The Morgan fingerprint density at radius 2 is 1.90 bits per heavy atom. The van der Waals surface area contributed by atoms with Crippen molar-refractivity contribution in [1.29, 1.82) is 0 Å². The quantitative estimate of drug-likeness (QED) is 0.629. The number of rotatable bonds is 4. The van der Waals surface area contributed by atoms with Crippen LogP contribution in [0.25, 0.3) is 10.6 Å². The number of nitrogens with one attached hydrogen (secondary N) is 1. The molecule has 0 unspecified atom stereocenters. The van der Waals surface area contributed by atoms with Crippen molar-refractivity contribution in [2.45, 2.75) is 13.5 Å². The number of piperazine rings is 1. The van der Waals surface area contributed by atoms with E-state index in [0.717, 1.165) is 52.2 Å². The van der Waals surface area contributed by atoms with Gasteiger partial charge in [0.1, 0.15) is 5.01 Å². The predicted octanol–water partition coefficient (Wildman–Crippen LogP) is 5.12. The molecule has 150 valence electrons. The van der Waals surface area contributed by atoms with Crippen LogP contribution in [0, 0.1) is 6.92 Å². The van der Waals surface area contributed by atoms with Crippen molar-refractivity contribution >= 4 is 34.7 Å². The first kappa shape index (κ1) is 19.9. The van der Waals surface area contributed by atoms with Crippen LogP contribution in [-0.2, 0) is 6.54 Å². The molecule has 0 bridgehead atoms. The van der Waals surface area contributed by atoms with Crippen molar-refractivity contribution < 1.29 is 4.79 Å². The van der Waals surface area contributed by atoms with Gasteiger partial charge < -0.3 is 10.2 Å². The van der Waals surface area contributed by atoms with Crippen LogP contribution in [0.1, 0.15) is 11.3 Å². The topological polar surface area (TPSA) is 48.5 Å². The molecule has 2 heterocycles. The van der Waals surface area contributed by atoms with Gasteiger partial charge in [-0.3, -0.25) is 4.90 Å². The van der Waals surface area contributed by atoms with Crippen LogP contribution in [0.4, 0.5) is 10.5 Å². The molecular formula is C22H23ClN4OS. The van der Waals surface area contributed by atoms with Crippen LogP contribution >= 0.6 is 22.9 Å². The third-order valence-corrected chi connectivity index (χ3v) is 6.15. The molecule has 1 aliphatic rings. The summed E-state index contributed by atoms with van der Waals surface area (Å²) in [5.74, 6) is 0. The van der Waals surface area contributed by atoms with E-state index in [4.69, 9.17) is 16.6 Å². The highest BCUT2D eigenvalue weighted by molar-refractivity contribution is 7.13. The smallest absolute Gasteiger partial charge is 0.321 e. The van der Waals surface area contributed by atoms with E-state index in [1.165, 1.54) is 0 Å². The summed E-state index contributed by atoms with van der Waals surface area (Å²) in [7, 11) is 0. The van der Waals surface area contributed by atoms with Crippen molar-refractivity contribution in [3.05, 3.63) is 70.2 Å². The first-order chi connectivity index (χ1) is 14.1. The van der Waals surface area contributed by atoms with E-state index >= 15 is 0 Å². The standard InChI is InChI=1S/C22H23ClN4OS/c1-16-3-2-4-19(13-16)25-22(28)27-11-9-26(10-12-27)14-20-15-29-21(24-20)17-5-7-18(23)8-6-17/h2-8,13,15H,9-12,14H2,1H3,(H,25,28). The molecule has 1 fully saturated rings. The first-order valence-electron chi connectivity index (χ1n) is 9.62. The summed E-state index contributed by atoms with van der Waals surface area (Å²) < 4.78 is 0. The Labute approximate surface area is 179 Å². The average Bonchev–Trinajstić information content (AvgIpc) is 3.17. The zero-order valence-corrected chi connectivity index (χ0v) is 17.8. The second kappa shape index (κ2) is 8.95. The maximum absolute atomic E-state index is 12.5. The maximum atomic E-state index is 12.5. The van der Waals surface area contributed by atoms with Gasteiger partial charge in [0.2, 0.25) is 0 Å². The molecular weight excluding hydrogens is 404 g/mol. The van der Waals surface area contributed by atoms with E-state index in [0.29, 0.717) is 13.1 Å². The molecule has 1 saturated heterocycles. The number of amides is 2. The number of hydrogen-bond donors (Lipinski definition) is 1. The van der Waals surface area contributed by atoms with Crippen LogP contribution < -0.4 is 5.32 Å². The third-order valence-electron chi connectivity index (χ3n) is 4.96. The van der Waals surface area contributed by atoms with E-state index in [-0.39, 0.29) is 6.03 Å². The highest BCUT2D eigenvalue weighted by atomic mass is 35.5. The van der Waals surface area contributed by atoms with Gasteiger partial charge in [-0.05, 0) is 36.8 Å². The number of urea groups is 1. The Balaban J connectivity index is 1.29. The lowest BCUT2D eigenvalue weighted by Gasteiger charge is -2.34. The molecule has 4 rings (SSSR count). The molecule has 2 amide bonds. The fraction of sp³-hybridized carbons (Fsp3) is 0.273. The molecule has 5 nitrogen and oxygen atoms in total. The van der Waals surface area contributed by atoms with Gasteiger partial charge in [-0.15, -0.1) is 11.3 Å². The van der Waals surface area contributed by atoms with Crippen molar-refractivity contribution in [3.63, 3.8) is 0 Å². The highest BCUT2D eigenvalue weighted by Crippen LogP contribution is 2.25. The minimum absolute atomic E-state index is 0.0334. The third kappa shape index (κ3) is 5.15. The molecule has 7 heteroatoms. The molecule has 0 saturated carbocycles. The highest BCUT2D eigenvalue weighted by Gasteiger charge is 2.22. The Morgan fingerprint density at radius 1 is 1.14 bits per heavy atom. The molecule has 1 aliphatic heterocycles. The monoisotopic (exact) mass is 426 g/mol. The first-order valence-corrected chi connectivity index (χ1v) is 10.9. The number of carbonyl (C=O) groups is 1. The number of thiazole rings is 1. The number of halogens is 1. The van der Waals surface area contributed by atoms with Crippen LogP contribution in [0.2, 0.25) is 5.02 Å². The number of aromatic nitrogens is 1. The van der Waals surface area contributed by atoms with E-state index in [9.17, 15) is 4.79 Å². The predicted molar refractivity (Wildman–Crippen MR) is 120 cm³/mol. The summed E-state index contributed by atoms with van der Waals surface area (Å²) in [5, 5.41) is 6.84. The van der Waals surface area contributed by atoms with Gasteiger partial charge in [-0.2, -0.15) is 0 Å². The number of anilines is 1.